The van der Waals surface area contributed by atoms with Crippen molar-refractivity contribution in [3.8, 4) is 0 Å². The molecule has 0 fully saturated rings. The Balaban J connectivity index is 2.01. The van der Waals surface area contributed by atoms with Gasteiger partial charge in [0.2, 0.25) is 0 Å². The van der Waals surface area contributed by atoms with Crippen molar-refractivity contribution in [2.24, 2.45) is 4.99 Å². The van der Waals surface area contributed by atoms with Crippen LogP contribution in [0.5, 0.6) is 0 Å². The molecule has 0 radical (unpaired) electrons. The first kappa shape index (κ1) is 21.5. The molecule has 4 rings (SSSR count). The molecule has 0 saturated carbocycles. The molecule has 3 aromatic rings. The molecule has 1 aliphatic heterocycles. The fraction of sp³-hybridized carbons (Fsp3) is 0.136. The number of benzene rings is 2. The van der Waals surface area contributed by atoms with Gasteiger partial charge in [-0.2, -0.15) is 0 Å². The predicted molar refractivity (Wildman–Crippen MR) is 119 cm³/mol. The SMILES string of the molecule is COC(=O)C1=C(C)N=c2s/c(=C\c3c(F)cccc3Cl)c(=O)n2[C@@H]1c1ccc(Cl)cc1. The number of fused-ring (bicyclic) bond motifs is 1. The fourth-order valence-corrected chi connectivity index (χ4v) is 4.80. The van der Waals surface area contributed by atoms with Crippen molar-refractivity contribution in [2.45, 2.75) is 13.0 Å². The van der Waals surface area contributed by atoms with Crippen molar-refractivity contribution >= 4 is 46.6 Å². The van der Waals surface area contributed by atoms with Crippen molar-refractivity contribution < 1.29 is 13.9 Å². The number of ether oxygens (including phenoxy) is 1. The first-order valence-corrected chi connectivity index (χ1v) is 10.7. The number of nitrogens with zero attached hydrogens (tertiary/aromatic N) is 2. The average molecular weight is 477 g/mol. The highest BCUT2D eigenvalue weighted by atomic mass is 35.5. The van der Waals surface area contributed by atoms with Crippen molar-refractivity contribution in [1.82, 2.24) is 4.57 Å². The van der Waals surface area contributed by atoms with E-state index in [0.29, 0.717) is 21.1 Å². The molecule has 0 spiro atoms. The molecule has 0 amide bonds. The summed E-state index contributed by atoms with van der Waals surface area (Å²) in [5.41, 5.74) is 1.03. The molecule has 2 heterocycles. The van der Waals surface area contributed by atoms with Crippen LogP contribution in [0.25, 0.3) is 6.08 Å². The normalized spacial score (nSPS) is 16.2. The van der Waals surface area contributed by atoms with E-state index < -0.39 is 23.4 Å². The molecule has 0 saturated heterocycles. The smallest absolute Gasteiger partial charge is 0.338 e. The van der Waals surface area contributed by atoms with Crippen LogP contribution in [0.1, 0.15) is 24.1 Å². The molecule has 2 aromatic carbocycles. The highest BCUT2D eigenvalue weighted by Gasteiger charge is 2.33. The number of methoxy groups -OCH3 is 1. The fourth-order valence-electron chi connectivity index (χ4n) is 3.43. The number of halogens is 3. The summed E-state index contributed by atoms with van der Waals surface area (Å²) < 4.78 is 20.9. The number of esters is 1. The van der Waals surface area contributed by atoms with Crippen LogP contribution in [0.15, 0.2) is 63.5 Å². The Morgan fingerprint density at radius 3 is 2.58 bits per heavy atom. The quantitative estimate of drug-likeness (QED) is 0.539. The molecule has 158 valence electrons. The molecule has 1 aliphatic rings. The summed E-state index contributed by atoms with van der Waals surface area (Å²) in [4.78, 5) is 30.8. The molecule has 5 nitrogen and oxygen atoms in total. The van der Waals surface area contributed by atoms with E-state index in [-0.39, 0.29) is 20.7 Å². The lowest BCUT2D eigenvalue weighted by Gasteiger charge is -2.24. The predicted octanol–water partition coefficient (Wildman–Crippen LogP) is 3.85. The lowest BCUT2D eigenvalue weighted by Crippen LogP contribution is -2.39. The molecule has 31 heavy (non-hydrogen) atoms. The third kappa shape index (κ3) is 3.84. The van der Waals surface area contributed by atoms with Gasteiger partial charge < -0.3 is 4.74 Å². The minimum absolute atomic E-state index is 0.112. The zero-order valence-electron chi connectivity index (χ0n) is 16.4. The standard InChI is InChI=1S/C22H15Cl2FN2O3S/c1-11-18(21(29)30-2)19(12-6-8-13(23)9-7-12)27-20(28)17(31-22(27)26-11)10-14-15(24)4-3-5-16(14)25/h3-10,19H,1-2H3/b17-10-/t19-/m1/s1. The number of rotatable bonds is 3. The third-order valence-corrected chi connectivity index (χ3v) is 6.45. The highest BCUT2D eigenvalue weighted by molar-refractivity contribution is 7.07. The van der Waals surface area contributed by atoms with Gasteiger partial charge in [-0.3, -0.25) is 9.36 Å². The van der Waals surface area contributed by atoms with Gasteiger partial charge in [0.05, 0.1) is 34.0 Å². The number of carbonyl (C=O) groups excluding carboxylic acids is 1. The summed E-state index contributed by atoms with van der Waals surface area (Å²) in [5, 5.41) is 0.706. The van der Waals surface area contributed by atoms with E-state index in [4.69, 9.17) is 27.9 Å². The van der Waals surface area contributed by atoms with Crippen LogP contribution >= 0.6 is 34.5 Å². The Morgan fingerprint density at radius 1 is 1.23 bits per heavy atom. The average Bonchev–Trinajstić information content (AvgIpc) is 3.04. The summed E-state index contributed by atoms with van der Waals surface area (Å²) in [6.07, 6.45) is 1.40. The molecular formula is C22H15Cl2FN2O3S. The Kier molecular flexibility index (Phi) is 5.83. The second kappa shape index (κ2) is 8.42. The summed E-state index contributed by atoms with van der Waals surface area (Å²) in [6, 6.07) is 10.4. The van der Waals surface area contributed by atoms with Crippen molar-refractivity contribution in [3.63, 3.8) is 0 Å². The van der Waals surface area contributed by atoms with Crippen molar-refractivity contribution in [1.29, 1.82) is 0 Å². The van der Waals surface area contributed by atoms with Gasteiger partial charge in [-0.05, 0) is 42.8 Å². The van der Waals surface area contributed by atoms with E-state index >= 15 is 0 Å². The third-order valence-electron chi connectivity index (χ3n) is 4.89. The Bertz CT molecular complexity index is 1390. The van der Waals surface area contributed by atoms with Gasteiger partial charge >= 0.3 is 5.97 Å². The molecule has 0 aliphatic carbocycles. The molecule has 0 N–H and O–H groups in total. The maximum absolute atomic E-state index is 14.3. The van der Waals surface area contributed by atoms with Gasteiger partial charge in [-0.25, -0.2) is 14.2 Å². The van der Waals surface area contributed by atoms with E-state index in [2.05, 4.69) is 4.99 Å². The van der Waals surface area contributed by atoms with Gasteiger partial charge in [0, 0.05) is 10.6 Å². The molecule has 0 unspecified atom stereocenters. The maximum Gasteiger partial charge on any atom is 0.338 e. The van der Waals surface area contributed by atoms with E-state index in [1.807, 2.05) is 0 Å². The van der Waals surface area contributed by atoms with Gasteiger partial charge in [0.15, 0.2) is 4.80 Å². The first-order valence-electron chi connectivity index (χ1n) is 9.12. The van der Waals surface area contributed by atoms with E-state index in [9.17, 15) is 14.0 Å². The number of carbonyl (C=O) groups is 1. The van der Waals surface area contributed by atoms with Crippen LogP contribution in [-0.2, 0) is 9.53 Å². The molecule has 9 heteroatoms. The summed E-state index contributed by atoms with van der Waals surface area (Å²) in [5.74, 6) is -1.13. The van der Waals surface area contributed by atoms with Gasteiger partial charge in [-0.15, -0.1) is 0 Å². The Morgan fingerprint density at radius 2 is 1.94 bits per heavy atom. The number of thiazole rings is 1. The number of hydrogen-bond acceptors (Lipinski definition) is 5. The van der Waals surface area contributed by atoms with Crippen LogP contribution in [0.3, 0.4) is 0 Å². The number of allylic oxidation sites excluding steroid dienone is 1. The maximum atomic E-state index is 14.3. The van der Waals surface area contributed by atoms with Crippen LogP contribution < -0.4 is 14.9 Å². The van der Waals surface area contributed by atoms with Gasteiger partial charge in [0.1, 0.15) is 5.82 Å². The highest BCUT2D eigenvalue weighted by Crippen LogP contribution is 2.31. The monoisotopic (exact) mass is 476 g/mol. The van der Waals surface area contributed by atoms with E-state index in [1.165, 1.54) is 29.9 Å². The first-order chi connectivity index (χ1) is 14.8. The minimum Gasteiger partial charge on any atom is -0.466 e. The van der Waals surface area contributed by atoms with Gasteiger partial charge in [0.25, 0.3) is 5.56 Å². The van der Waals surface area contributed by atoms with Crippen molar-refractivity contribution in [2.75, 3.05) is 7.11 Å². The molecule has 1 aromatic heterocycles. The summed E-state index contributed by atoms with van der Waals surface area (Å²) >= 11 is 13.2. The largest absolute Gasteiger partial charge is 0.466 e. The lowest BCUT2D eigenvalue weighted by atomic mass is 9.96. The van der Waals surface area contributed by atoms with Crippen molar-refractivity contribution in [3.05, 3.63) is 100 Å². The molecule has 0 bridgehead atoms. The van der Waals surface area contributed by atoms with Crippen LogP contribution in [-0.4, -0.2) is 17.6 Å². The Hall–Kier alpha value is -2.74. The second-order valence-electron chi connectivity index (χ2n) is 6.76. The van der Waals surface area contributed by atoms with E-state index in [0.717, 1.165) is 11.3 Å². The summed E-state index contributed by atoms with van der Waals surface area (Å²) in [7, 11) is 1.27. The zero-order valence-corrected chi connectivity index (χ0v) is 18.7. The minimum atomic E-state index is -0.765. The lowest BCUT2D eigenvalue weighted by molar-refractivity contribution is -0.136. The van der Waals surface area contributed by atoms with E-state index in [1.54, 1.807) is 37.3 Å². The number of hydrogen-bond donors (Lipinski definition) is 0. The van der Waals surface area contributed by atoms with Crippen LogP contribution in [0, 0.1) is 5.82 Å². The summed E-state index contributed by atoms with van der Waals surface area (Å²) in [6.45, 7) is 1.68. The topological polar surface area (TPSA) is 60.7 Å². The zero-order chi connectivity index (χ0) is 22.3. The number of aromatic nitrogens is 1. The van der Waals surface area contributed by atoms with Gasteiger partial charge in [-0.1, -0.05) is 52.7 Å². The second-order valence-corrected chi connectivity index (χ2v) is 8.61. The Labute approximate surface area is 190 Å². The van der Waals surface area contributed by atoms with Crippen LogP contribution in [0.2, 0.25) is 10.0 Å². The molecule has 1 atom stereocenters. The molecular weight excluding hydrogens is 462 g/mol. The van der Waals surface area contributed by atoms with Crippen LogP contribution in [0.4, 0.5) is 4.39 Å².